The highest BCUT2D eigenvalue weighted by Gasteiger charge is 2.20. The molecule has 0 radical (unpaired) electrons. The molecule has 0 atom stereocenters. The van der Waals surface area contributed by atoms with Crippen LogP contribution in [-0.2, 0) is 6.42 Å². The van der Waals surface area contributed by atoms with E-state index in [9.17, 15) is 0 Å². The molecule has 0 aliphatic heterocycles. The number of imidazole rings is 1. The number of nitrogens with zero attached hydrogens (tertiary/aromatic N) is 6. The van der Waals surface area contributed by atoms with Crippen LogP contribution in [0, 0.1) is 0 Å². The van der Waals surface area contributed by atoms with Crippen LogP contribution < -0.4 is 5.32 Å². The van der Waals surface area contributed by atoms with Crippen LogP contribution in [-0.4, -0.2) is 34.9 Å². The molecule has 26 heavy (non-hydrogen) atoms. The molecule has 2 N–H and O–H groups in total. The highest BCUT2D eigenvalue weighted by atomic mass is 32.1. The lowest BCUT2D eigenvalue weighted by Gasteiger charge is -2.09. The number of aromatic nitrogens is 5. The molecule has 3 heterocycles. The molecule has 1 aliphatic rings. The Kier molecular flexibility index (Phi) is 3.39. The van der Waals surface area contributed by atoms with Gasteiger partial charge in [-0.05, 0) is 42.1 Å². The van der Waals surface area contributed by atoms with Crippen LogP contribution in [0.25, 0.3) is 17.0 Å². The third kappa shape index (κ3) is 2.32. The van der Waals surface area contributed by atoms with E-state index in [0.29, 0.717) is 0 Å². The van der Waals surface area contributed by atoms with Crippen LogP contribution in [0.2, 0.25) is 0 Å². The summed E-state index contributed by atoms with van der Waals surface area (Å²) in [5.74, 6) is 0.809. The van der Waals surface area contributed by atoms with Gasteiger partial charge in [-0.2, -0.15) is 0 Å². The van der Waals surface area contributed by atoms with Gasteiger partial charge in [0.15, 0.2) is 5.65 Å². The van der Waals surface area contributed by atoms with E-state index in [2.05, 4.69) is 36.1 Å². The van der Waals surface area contributed by atoms with Crippen LogP contribution in [0.1, 0.15) is 17.5 Å². The Balaban J connectivity index is 1.61. The molecule has 5 rings (SSSR count). The molecular weight excluding hydrogens is 350 g/mol. The second kappa shape index (κ2) is 5.88. The number of aryl methyl sites for hydroxylation is 1. The molecule has 3 aromatic heterocycles. The van der Waals surface area contributed by atoms with Gasteiger partial charge in [0, 0.05) is 29.0 Å². The minimum atomic E-state index is 0.720. The van der Waals surface area contributed by atoms with Crippen LogP contribution in [0.4, 0.5) is 11.5 Å². The second-order valence-corrected chi connectivity index (χ2v) is 6.56. The zero-order chi connectivity index (χ0) is 17.5. The molecule has 0 unspecified atom stereocenters. The fourth-order valence-electron chi connectivity index (χ4n) is 3.26. The van der Waals surface area contributed by atoms with Crippen molar-refractivity contribution in [1.29, 1.82) is 0 Å². The van der Waals surface area contributed by atoms with E-state index >= 15 is 0 Å². The summed E-state index contributed by atoms with van der Waals surface area (Å²) in [6, 6.07) is 6.03. The van der Waals surface area contributed by atoms with E-state index in [1.165, 1.54) is 11.5 Å². The van der Waals surface area contributed by atoms with E-state index in [1.54, 1.807) is 12.4 Å². The van der Waals surface area contributed by atoms with Gasteiger partial charge in [-0.25, -0.2) is 4.98 Å². The molecule has 8 nitrogen and oxygen atoms in total. The molecule has 0 saturated heterocycles. The monoisotopic (exact) mass is 363 g/mol. The SMILES string of the molecule is O/N=C1\CCc2cc(Nc3c(-c4csnn4)nc4cnccn34)ccc21. The second-order valence-electron chi connectivity index (χ2n) is 5.95. The Labute approximate surface area is 152 Å². The number of hydrogen-bond acceptors (Lipinski definition) is 8. The number of oxime groups is 1. The summed E-state index contributed by atoms with van der Waals surface area (Å²) < 4.78 is 5.88. The molecule has 4 aromatic rings. The Hall–Kier alpha value is -3.33. The lowest BCUT2D eigenvalue weighted by molar-refractivity contribution is 0.318. The number of benzene rings is 1. The molecular formula is C17H13N7OS. The standard InChI is InChI=1S/C17H13N7OS/c25-22-13-4-1-10-7-11(2-3-12(10)13)19-17-16(14-9-26-23-21-14)20-15-8-18-5-6-24(15)17/h2-3,5-9,19,25H,1,4H2/b22-13+. The lowest BCUT2D eigenvalue weighted by atomic mass is 10.1. The Morgan fingerprint density at radius 1 is 1.27 bits per heavy atom. The molecule has 1 aromatic carbocycles. The van der Waals surface area contributed by atoms with E-state index < -0.39 is 0 Å². The van der Waals surface area contributed by atoms with Gasteiger partial charge in [0.2, 0.25) is 0 Å². The largest absolute Gasteiger partial charge is 0.411 e. The zero-order valence-corrected chi connectivity index (χ0v) is 14.3. The summed E-state index contributed by atoms with van der Waals surface area (Å²) in [6.45, 7) is 0. The van der Waals surface area contributed by atoms with Crippen molar-refractivity contribution in [3.05, 3.63) is 53.3 Å². The first-order chi connectivity index (χ1) is 12.8. The van der Waals surface area contributed by atoms with Crippen molar-refractivity contribution >= 4 is 34.4 Å². The van der Waals surface area contributed by atoms with E-state index in [-0.39, 0.29) is 0 Å². The Bertz CT molecular complexity index is 1130. The van der Waals surface area contributed by atoms with Crippen LogP contribution >= 0.6 is 11.5 Å². The predicted octanol–water partition coefficient (Wildman–Crippen LogP) is 3.12. The summed E-state index contributed by atoms with van der Waals surface area (Å²) in [5.41, 5.74) is 6.02. The topological polar surface area (TPSA) is 101 Å². The van der Waals surface area contributed by atoms with Crippen LogP contribution in [0.15, 0.2) is 47.3 Å². The maximum Gasteiger partial charge on any atom is 0.157 e. The minimum absolute atomic E-state index is 0.720. The smallest absolute Gasteiger partial charge is 0.157 e. The van der Waals surface area contributed by atoms with Crippen molar-refractivity contribution in [3.63, 3.8) is 0 Å². The zero-order valence-electron chi connectivity index (χ0n) is 13.5. The van der Waals surface area contributed by atoms with E-state index in [0.717, 1.165) is 58.2 Å². The summed E-state index contributed by atoms with van der Waals surface area (Å²) in [4.78, 5) is 8.78. The maximum atomic E-state index is 9.09. The normalized spacial score (nSPS) is 14.8. The first-order valence-corrected chi connectivity index (χ1v) is 8.88. The first kappa shape index (κ1) is 15.0. The van der Waals surface area contributed by atoms with Gasteiger partial charge in [-0.15, -0.1) is 5.10 Å². The molecule has 128 valence electrons. The van der Waals surface area contributed by atoms with Gasteiger partial charge in [0.25, 0.3) is 0 Å². The molecule has 0 fully saturated rings. The lowest BCUT2D eigenvalue weighted by Crippen LogP contribution is -1.99. The fourth-order valence-corrected chi connectivity index (χ4v) is 3.70. The number of hydrogen-bond donors (Lipinski definition) is 2. The summed E-state index contributed by atoms with van der Waals surface area (Å²) in [5, 5.41) is 22.0. The number of rotatable bonds is 3. The Morgan fingerprint density at radius 2 is 2.23 bits per heavy atom. The van der Waals surface area contributed by atoms with Crippen LogP contribution in [0.5, 0.6) is 0 Å². The minimum Gasteiger partial charge on any atom is -0.411 e. The van der Waals surface area contributed by atoms with Gasteiger partial charge in [-0.1, -0.05) is 15.7 Å². The van der Waals surface area contributed by atoms with E-state index in [1.807, 2.05) is 28.1 Å². The Morgan fingerprint density at radius 3 is 3.08 bits per heavy atom. The van der Waals surface area contributed by atoms with Crippen molar-refractivity contribution in [2.75, 3.05) is 5.32 Å². The average molecular weight is 363 g/mol. The highest BCUT2D eigenvalue weighted by Crippen LogP contribution is 2.32. The van der Waals surface area contributed by atoms with E-state index in [4.69, 9.17) is 5.21 Å². The van der Waals surface area contributed by atoms with Crippen molar-refractivity contribution in [2.24, 2.45) is 5.16 Å². The summed E-state index contributed by atoms with van der Waals surface area (Å²) >= 11 is 1.29. The summed E-state index contributed by atoms with van der Waals surface area (Å²) in [6.07, 6.45) is 6.91. The highest BCUT2D eigenvalue weighted by molar-refractivity contribution is 7.03. The van der Waals surface area contributed by atoms with Gasteiger partial charge in [0.05, 0.1) is 11.9 Å². The molecule has 0 saturated carbocycles. The quantitative estimate of drug-likeness (QED) is 0.428. The van der Waals surface area contributed by atoms with Gasteiger partial charge >= 0.3 is 0 Å². The first-order valence-electron chi connectivity index (χ1n) is 8.04. The van der Waals surface area contributed by atoms with Crippen LogP contribution in [0.3, 0.4) is 0 Å². The molecule has 0 bridgehead atoms. The van der Waals surface area contributed by atoms with Crippen molar-refractivity contribution in [2.45, 2.75) is 12.8 Å². The average Bonchev–Trinajstić information content (AvgIpc) is 3.40. The number of anilines is 2. The third-order valence-electron chi connectivity index (χ3n) is 4.46. The predicted molar refractivity (Wildman–Crippen MR) is 98.3 cm³/mol. The van der Waals surface area contributed by atoms with Gasteiger partial charge < -0.3 is 10.5 Å². The maximum absolute atomic E-state index is 9.09. The van der Waals surface area contributed by atoms with Crippen molar-refractivity contribution < 1.29 is 5.21 Å². The third-order valence-corrected chi connectivity index (χ3v) is 4.97. The van der Waals surface area contributed by atoms with Gasteiger partial charge in [0.1, 0.15) is 17.2 Å². The number of nitrogens with one attached hydrogen (secondary N) is 1. The molecule has 1 aliphatic carbocycles. The molecule has 9 heteroatoms. The molecule has 0 spiro atoms. The molecule has 0 amide bonds. The summed E-state index contributed by atoms with van der Waals surface area (Å²) in [7, 11) is 0. The fraction of sp³-hybridized carbons (Fsp3) is 0.118. The van der Waals surface area contributed by atoms with Crippen molar-refractivity contribution in [3.8, 4) is 11.4 Å². The van der Waals surface area contributed by atoms with Crippen molar-refractivity contribution in [1.82, 2.24) is 24.0 Å². The van der Waals surface area contributed by atoms with Gasteiger partial charge in [-0.3, -0.25) is 9.38 Å². The number of fused-ring (bicyclic) bond motifs is 2.